The summed E-state index contributed by atoms with van der Waals surface area (Å²) in [4.78, 5) is 30.2. The minimum absolute atomic E-state index is 0.105. The van der Waals surface area contributed by atoms with Gasteiger partial charge in [0.05, 0.1) is 19.7 Å². The van der Waals surface area contributed by atoms with Crippen LogP contribution in [0, 0.1) is 6.92 Å². The molecule has 0 fully saturated rings. The van der Waals surface area contributed by atoms with Gasteiger partial charge in [-0.2, -0.15) is 5.10 Å². The van der Waals surface area contributed by atoms with Crippen LogP contribution in [0.3, 0.4) is 0 Å². The molecule has 2 aromatic heterocycles. The van der Waals surface area contributed by atoms with E-state index in [9.17, 15) is 14.7 Å². The lowest BCUT2D eigenvalue weighted by Crippen LogP contribution is -2.31. The number of aromatic nitrogens is 5. The molecule has 0 aliphatic rings. The average molecular weight is 376 g/mol. The van der Waals surface area contributed by atoms with Crippen molar-refractivity contribution in [2.75, 3.05) is 6.61 Å². The van der Waals surface area contributed by atoms with Crippen LogP contribution in [0.25, 0.3) is 0 Å². The maximum absolute atomic E-state index is 12.0. The van der Waals surface area contributed by atoms with Gasteiger partial charge in [0.15, 0.2) is 5.82 Å². The average Bonchev–Trinajstić information content (AvgIpc) is 2.94. The minimum atomic E-state index is -0.518. The van der Waals surface area contributed by atoms with Crippen molar-refractivity contribution >= 4 is 11.6 Å². The van der Waals surface area contributed by atoms with E-state index in [1.165, 1.54) is 10.8 Å². The van der Waals surface area contributed by atoms with Gasteiger partial charge in [-0.25, -0.2) is 14.5 Å². The number of halogens is 1. The third kappa shape index (κ3) is 4.09. The van der Waals surface area contributed by atoms with Crippen molar-refractivity contribution in [1.29, 1.82) is 0 Å². The van der Waals surface area contributed by atoms with Crippen molar-refractivity contribution in [3.05, 3.63) is 79.1 Å². The van der Waals surface area contributed by atoms with Gasteiger partial charge >= 0.3 is 5.69 Å². The second-order valence-electron chi connectivity index (χ2n) is 5.90. The molecule has 2 heterocycles. The molecule has 3 rings (SSSR count). The van der Waals surface area contributed by atoms with Crippen LogP contribution in [0.1, 0.15) is 22.8 Å². The molecule has 8 nitrogen and oxygen atoms in total. The van der Waals surface area contributed by atoms with Gasteiger partial charge in [0.1, 0.15) is 5.82 Å². The highest BCUT2D eigenvalue weighted by Gasteiger charge is 2.12. The van der Waals surface area contributed by atoms with Crippen LogP contribution in [-0.4, -0.2) is 36.0 Å². The number of rotatable bonds is 6. The topological polar surface area (TPSA) is 106 Å². The fourth-order valence-corrected chi connectivity index (χ4v) is 2.82. The van der Waals surface area contributed by atoms with Crippen LogP contribution in [0.5, 0.6) is 0 Å². The molecule has 3 aromatic rings. The molecule has 0 radical (unpaired) electrons. The molecule has 0 atom stereocenters. The van der Waals surface area contributed by atoms with E-state index < -0.39 is 11.2 Å². The summed E-state index contributed by atoms with van der Waals surface area (Å²) in [6.45, 7) is 1.91. The Morgan fingerprint density at radius 2 is 2.12 bits per heavy atom. The van der Waals surface area contributed by atoms with Gasteiger partial charge in [0, 0.05) is 23.2 Å². The third-order valence-corrected chi connectivity index (χ3v) is 4.09. The Balaban J connectivity index is 1.91. The normalized spacial score (nSPS) is 11.0. The molecular weight excluding hydrogens is 358 g/mol. The number of hydrogen-bond donors (Lipinski definition) is 2. The Morgan fingerprint density at radius 1 is 1.31 bits per heavy atom. The third-order valence-electron chi connectivity index (χ3n) is 3.86. The van der Waals surface area contributed by atoms with E-state index in [4.69, 9.17) is 11.6 Å². The highest BCUT2D eigenvalue weighted by atomic mass is 35.5. The Hall–Kier alpha value is -2.71. The SMILES string of the molecule is Cc1cn(Cc2nc(Cc3cccc(Cl)c3)nn2CCO)c(=O)[nH]c1=O. The standard InChI is InChI=1S/C17H18ClN5O3/c1-11-9-22(17(26)20-16(11)25)10-15-19-14(21-23(15)5-6-24)8-12-3-2-4-13(18)7-12/h2-4,7,9,24H,5-6,8,10H2,1H3,(H,20,25,26). The van der Waals surface area contributed by atoms with Crippen molar-refractivity contribution in [2.45, 2.75) is 26.4 Å². The quantitative estimate of drug-likeness (QED) is 0.660. The van der Waals surface area contributed by atoms with Crippen LogP contribution in [0.2, 0.25) is 5.02 Å². The largest absolute Gasteiger partial charge is 0.394 e. The predicted octanol–water partition coefficient (Wildman–Crippen LogP) is 0.721. The summed E-state index contributed by atoms with van der Waals surface area (Å²) in [5.41, 5.74) is 0.458. The highest BCUT2D eigenvalue weighted by Crippen LogP contribution is 2.14. The van der Waals surface area contributed by atoms with Crippen LogP contribution < -0.4 is 11.2 Å². The molecule has 0 spiro atoms. The van der Waals surface area contributed by atoms with Crippen LogP contribution in [0.4, 0.5) is 0 Å². The lowest BCUT2D eigenvalue weighted by Gasteiger charge is -2.06. The summed E-state index contributed by atoms with van der Waals surface area (Å²) in [6, 6.07) is 7.41. The summed E-state index contributed by atoms with van der Waals surface area (Å²) in [7, 11) is 0. The maximum atomic E-state index is 12.0. The second-order valence-corrected chi connectivity index (χ2v) is 6.33. The number of aliphatic hydroxyl groups excluding tert-OH is 1. The molecule has 0 amide bonds. The van der Waals surface area contributed by atoms with Gasteiger partial charge in [-0.1, -0.05) is 23.7 Å². The van der Waals surface area contributed by atoms with E-state index in [1.807, 2.05) is 18.2 Å². The molecule has 9 heteroatoms. The van der Waals surface area contributed by atoms with E-state index >= 15 is 0 Å². The summed E-state index contributed by atoms with van der Waals surface area (Å²) in [5, 5.41) is 14.3. The molecule has 0 bridgehead atoms. The molecule has 136 valence electrons. The lowest BCUT2D eigenvalue weighted by atomic mass is 10.1. The monoisotopic (exact) mass is 375 g/mol. The van der Waals surface area contributed by atoms with Crippen LogP contribution >= 0.6 is 11.6 Å². The Kier molecular flexibility index (Phi) is 5.34. The van der Waals surface area contributed by atoms with Crippen molar-refractivity contribution < 1.29 is 5.11 Å². The van der Waals surface area contributed by atoms with Crippen molar-refractivity contribution in [2.24, 2.45) is 0 Å². The number of benzene rings is 1. The van der Waals surface area contributed by atoms with Gasteiger partial charge < -0.3 is 5.11 Å². The van der Waals surface area contributed by atoms with Gasteiger partial charge in [-0.3, -0.25) is 14.3 Å². The van der Waals surface area contributed by atoms with E-state index in [0.29, 0.717) is 28.7 Å². The summed E-state index contributed by atoms with van der Waals surface area (Å²) in [6.07, 6.45) is 1.96. The predicted molar refractivity (Wildman–Crippen MR) is 96.5 cm³/mol. The molecule has 1 aromatic carbocycles. The number of hydrogen-bond acceptors (Lipinski definition) is 5. The number of aromatic amines is 1. The summed E-state index contributed by atoms with van der Waals surface area (Å²) >= 11 is 6.00. The fourth-order valence-electron chi connectivity index (χ4n) is 2.61. The molecule has 0 saturated heterocycles. The van der Waals surface area contributed by atoms with Crippen molar-refractivity contribution in [1.82, 2.24) is 24.3 Å². The highest BCUT2D eigenvalue weighted by molar-refractivity contribution is 6.30. The Bertz CT molecular complexity index is 1040. The number of H-pyrrole nitrogens is 1. The fraction of sp³-hybridized carbons (Fsp3) is 0.294. The molecular formula is C17H18ClN5O3. The van der Waals surface area contributed by atoms with Gasteiger partial charge in [0.2, 0.25) is 0 Å². The first-order valence-corrected chi connectivity index (χ1v) is 8.42. The smallest absolute Gasteiger partial charge is 0.328 e. The zero-order valence-electron chi connectivity index (χ0n) is 14.1. The van der Waals surface area contributed by atoms with E-state index in [2.05, 4.69) is 15.1 Å². The van der Waals surface area contributed by atoms with Gasteiger partial charge in [-0.15, -0.1) is 0 Å². The van der Waals surface area contributed by atoms with E-state index in [-0.39, 0.29) is 19.7 Å². The second kappa shape index (κ2) is 7.67. The van der Waals surface area contributed by atoms with E-state index in [1.54, 1.807) is 17.7 Å². The number of aliphatic hydroxyl groups is 1. The van der Waals surface area contributed by atoms with Gasteiger partial charge in [-0.05, 0) is 24.6 Å². The van der Waals surface area contributed by atoms with Crippen LogP contribution in [-0.2, 0) is 19.5 Å². The molecule has 2 N–H and O–H groups in total. The Morgan fingerprint density at radius 3 is 2.85 bits per heavy atom. The number of nitrogens with one attached hydrogen (secondary N) is 1. The first kappa shape index (κ1) is 18.1. The molecule has 0 saturated carbocycles. The first-order valence-electron chi connectivity index (χ1n) is 8.04. The lowest BCUT2D eigenvalue weighted by molar-refractivity contribution is 0.266. The molecule has 26 heavy (non-hydrogen) atoms. The zero-order valence-corrected chi connectivity index (χ0v) is 14.9. The Labute approximate surface area is 153 Å². The van der Waals surface area contributed by atoms with Crippen molar-refractivity contribution in [3.63, 3.8) is 0 Å². The van der Waals surface area contributed by atoms with E-state index in [0.717, 1.165) is 5.56 Å². The molecule has 0 aliphatic carbocycles. The summed E-state index contributed by atoms with van der Waals surface area (Å²) in [5.74, 6) is 1.08. The number of aryl methyl sites for hydroxylation is 1. The molecule has 0 aliphatic heterocycles. The van der Waals surface area contributed by atoms with Crippen LogP contribution in [0.15, 0.2) is 40.1 Å². The molecule has 0 unspecified atom stereocenters. The van der Waals surface area contributed by atoms with Crippen molar-refractivity contribution in [3.8, 4) is 0 Å². The first-order chi connectivity index (χ1) is 12.5. The number of nitrogens with zero attached hydrogens (tertiary/aromatic N) is 4. The maximum Gasteiger partial charge on any atom is 0.328 e. The minimum Gasteiger partial charge on any atom is -0.394 e. The zero-order chi connectivity index (χ0) is 18.7. The van der Waals surface area contributed by atoms with Gasteiger partial charge in [0.25, 0.3) is 5.56 Å². The summed E-state index contributed by atoms with van der Waals surface area (Å²) < 4.78 is 2.92.